The molecule has 0 saturated heterocycles. The summed E-state index contributed by atoms with van der Waals surface area (Å²) in [4.78, 5) is 0. The molecule has 0 radical (unpaired) electrons. The van der Waals surface area contributed by atoms with Crippen LogP contribution in [0.15, 0.2) is 22.8 Å². The van der Waals surface area contributed by atoms with Gasteiger partial charge in [0.1, 0.15) is 0 Å². The van der Waals surface area contributed by atoms with Crippen molar-refractivity contribution < 1.29 is 13.2 Å². The number of halogens is 3. The summed E-state index contributed by atoms with van der Waals surface area (Å²) >= 11 is 0. The highest BCUT2D eigenvalue weighted by atomic mass is 19.4. The minimum Gasteiger partial charge on any atom is -0.166 e. The Morgan fingerprint density at radius 1 is 1.19 bits per heavy atom. The normalized spacial score (nSPS) is 17.1. The van der Waals surface area contributed by atoms with Gasteiger partial charge in [0, 0.05) is 0 Å². The van der Waals surface area contributed by atoms with Crippen molar-refractivity contribution in [1.29, 1.82) is 0 Å². The molecule has 0 fully saturated rings. The molecule has 0 N–H and O–H groups in total. The summed E-state index contributed by atoms with van der Waals surface area (Å²) < 4.78 is 38.3. The van der Waals surface area contributed by atoms with E-state index in [0.29, 0.717) is 12.0 Å². The summed E-state index contributed by atoms with van der Waals surface area (Å²) in [5.41, 5.74) is 0.713. The molecular formula is C13H21F3. The molecule has 1 unspecified atom stereocenters. The maximum atomic E-state index is 12.8. The first-order valence-electron chi connectivity index (χ1n) is 5.69. The van der Waals surface area contributed by atoms with Crippen molar-refractivity contribution in [2.24, 2.45) is 5.92 Å². The Morgan fingerprint density at radius 2 is 1.69 bits per heavy atom. The van der Waals surface area contributed by atoms with Crippen LogP contribution in [0, 0.1) is 5.92 Å². The maximum absolute atomic E-state index is 12.8. The second-order valence-corrected chi connectivity index (χ2v) is 4.24. The smallest absolute Gasteiger partial charge is 0.166 e. The Bertz CT molecular complexity index is 282. The number of rotatable bonds is 4. The van der Waals surface area contributed by atoms with E-state index in [-0.39, 0.29) is 5.92 Å². The van der Waals surface area contributed by atoms with Gasteiger partial charge in [-0.3, -0.25) is 0 Å². The Balaban J connectivity index is 5.27. The van der Waals surface area contributed by atoms with E-state index in [1.165, 1.54) is 6.08 Å². The van der Waals surface area contributed by atoms with Gasteiger partial charge < -0.3 is 0 Å². The molecule has 0 aliphatic heterocycles. The molecular weight excluding hydrogens is 213 g/mol. The van der Waals surface area contributed by atoms with Crippen LogP contribution in [0.1, 0.15) is 47.5 Å². The molecule has 0 aromatic rings. The van der Waals surface area contributed by atoms with E-state index in [9.17, 15) is 13.2 Å². The molecule has 0 spiro atoms. The van der Waals surface area contributed by atoms with Crippen molar-refractivity contribution in [2.45, 2.75) is 53.6 Å². The molecule has 16 heavy (non-hydrogen) atoms. The quantitative estimate of drug-likeness (QED) is 0.581. The van der Waals surface area contributed by atoms with Crippen molar-refractivity contribution in [3.8, 4) is 0 Å². The van der Waals surface area contributed by atoms with Gasteiger partial charge in [-0.15, -0.1) is 0 Å². The lowest BCUT2D eigenvalue weighted by Gasteiger charge is -2.15. The second-order valence-electron chi connectivity index (χ2n) is 4.24. The monoisotopic (exact) mass is 234 g/mol. The third-order valence-electron chi connectivity index (χ3n) is 3.06. The first kappa shape index (κ1) is 15.3. The van der Waals surface area contributed by atoms with Crippen LogP contribution in [0.5, 0.6) is 0 Å². The maximum Gasteiger partial charge on any atom is 0.416 e. The van der Waals surface area contributed by atoms with Gasteiger partial charge in [0.05, 0.1) is 5.57 Å². The van der Waals surface area contributed by atoms with Gasteiger partial charge in [0.25, 0.3) is 0 Å². The highest BCUT2D eigenvalue weighted by Crippen LogP contribution is 2.32. The molecule has 0 saturated carbocycles. The van der Waals surface area contributed by atoms with Gasteiger partial charge in [-0.25, -0.2) is 0 Å². The first-order valence-corrected chi connectivity index (χ1v) is 5.69. The Labute approximate surface area is 96.2 Å². The molecule has 0 rings (SSSR count). The lowest BCUT2D eigenvalue weighted by atomic mass is 9.95. The standard InChI is InChI=1S/C13H21F3/c1-6-9(3)11(5)8-12(10(4)7-2)13(14,15)16/h8-9H,6-7H2,1-5H3/b11-8+,12-10+. The summed E-state index contributed by atoms with van der Waals surface area (Å²) in [5, 5.41) is 0. The molecule has 0 aromatic carbocycles. The molecule has 0 aliphatic rings. The van der Waals surface area contributed by atoms with E-state index in [1.54, 1.807) is 20.8 Å². The zero-order chi connectivity index (χ0) is 12.9. The van der Waals surface area contributed by atoms with Crippen molar-refractivity contribution in [2.75, 3.05) is 0 Å². The molecule has 0 nitrogen and oxygen atoms in total. The molecule has 0 aliphatic carbocycles. The van der Waals surface area contributed by atoms with E-state index in [2.05, 4.69) is 0 Å². The van der Waals surface area contributed by atoms with Crippen LogP contribution in [0.2, 0.25) is 0 Å². The highest BCUT2D eigenvalue weighted by Gasteiger charge is 2.33. The number of hydrogen-bond acceptors (Lipinski definition) is 0. The molecule has 3 heteroatoms. The van der Waals surface area contributed by atoms with Gasteiger partial charge >= 0.3 is 6.18 Å². The molecule has 0 bridgehead atoms. The third-order valence-corrected chi connectivity index (χ3v) is 3.06. The Morgan fingerprint density at radius 3 is 2.00 bits per heavy atom. The average molecular weight is 234 g/mol. The fourth-order valence-corrected chi connectivity index (χ4v) is 1.33. The predicted molar refractivity (Wildman–Crippen MR) is 62.3 cm³/mol. The second kappa shape index (κ2) is 6.12. The zero-order valence-electron chi connectivity index (χ0n) is 10.7. The summed E-state index contributed by atoms with van der Waals surface area (Å²) in [7, 11) is 0. The summed E-state index contributed by atoms with van der Waals surface area (Å²) in [5.74, 6) is 0.196. The van der Waals surface area contributed by atoms with E-state index >= 15 is 0 Å². The topological polar surface area (TPSA) is 0 Å². The minimum absolute atomic E-state index is 0.196. The SMILES string of the molecule is CC/C(C)=C(\C=C(/C)C(C)CC)C(F)(F)F. The molecule has 0 amide bonds. The van der Waals surface area contributed by atoms with Crippen LogP contribution in [0.4, 0.5) is 13.2 Å². The summed E-state index contributed by atoms with van der Waals surface area (Å²) in [6.45, 7) is 8.98. The van der Waals surface area contributed by atoms with Crippen LogP contribution >= 0.6 is 0 Å². The van der Waals surface area contributed by atoms with E-state index in [0.717, 1.165) is 12.0 Å². The molecule has 0 heterocycles. The molecule has 1 atom stereocenters. The lowest BCUT2D eigenvalue weighted by Crippen LogP contribution is -2.13. The fourth-order valence-electron chi connectivity index (χ4n) is 1.33. The van der Waals surface area contributed by atoms with Gasteiger partial charge in [-0.2, -0.15) is 13.2 Å². The van der Waals surface area contributed by atoms with Crippen molar-refractivity contribution >= 4 is 0 Å². The largest absolute Gasteiger partial charge is 0.416 e. The summed E-state index contributed by atoms with van der Waals surface area (Å²) in [6.07, 6.45) is -1.65. The summed E-state index contributed by atoms with van der Waals surface area (Å²) in [6, 6.07) is 0. The Hall–Kier alpha value is -0.730. The van der Waals surface area contributed by atoms with Crippen LogP contribution < -0.4 is 0 Å². The van der Waals surface area contributed by atoms with Crippen molar-refractivity contribution in [1.82, 2.24) is 0 Å². The lowest BCUT2D eigenvalue weighted by molar-refractivity contribution is -0.0891. The van der Waals surface area contributed by atoms with Gasteiger partial charge in [0.2, 0.25) is 0 Å². The van der Waals surface area contributed by atoms with Gasteiger partial charge in [-0.05, 0) is 32.6 Å². The fraction of sp³-hybridized carbons (Fsp3) is 0.692. The highest BCUT2D eigenvalue weighted by molar-refractivity contribution is 5.32. The van der Waals surface area contributed by atoms with Crippen LogP contribution in [0.25, 0.3) is 0 Å². The average Bonchev–Trinajstić information content (AvgIpc) is 2.21. The van der Waals surface area contributed by atoms with Gasteiger partial charge in [0.15, 0.2) is 0 Å². The van der Waals surface area contributed by atoms with Crippen LogP contribution in [-0.4, -0.2) is 6.18 Å². The molecule has 0 aromatic heterocycles. The first-order chi connectivity index (χ1) is 7.23. The van der Waals surface area contributed by atoms with Crippen molar-refractivity contribution in [3.63, 3.8) is 0 Å². The predicted octanol–water partition coefficient (Wildman–Crippen LogP) is 5.27. The molecule has 94 valence electrons. The van der Waals surface area contributed by atoms with E-state index < -0.39 is 11.7 Å². The van der Waals surface area contributed by atoms with Crippen LogP contribution in [-0.2, 0) is 0 Å². The third kappa shape index (κ3) is 4.42. The number of hydrogen-bond donors (Lipinski definition) is 0. The van der Waals surface area contributed by atoms with Gasteiger partial charge in [-0.1, -0.05) is 38.0 Å². The van der Waals surface area contributed by atoms with Crippen LogP contribution in [0.3, 0.4) is 0 Å². The van der Waals surface area contributed by atoms with E-state index in [1.807, 2.05) is 13.8 Å². The Kier molecular flexibility index (Phi) is 5.84. The zero-order valence-corrected chi connectivity index (χ0v) is 10.7. The number of alkyl halides is 3. The van der Waals surface area contributed by atoms with E-state index in [4.69, 9.17) is 0 Å². The van der Waals surface area contributed by atoms with Crippen molar-refractivity contribution in [3.05, 3.63) is 22.8 Å². The number of allylic oxidation sites excluding steroid dienone is 4. The minimum atomic E-state index is -4.24.